The van der Waals surface area contributed by atoms with Crippen LogP contribution in [0, 0.1) is 0 Å². The average molecular weight is 255 g/mol. The number of carbonyl (C=O) groups excluding carboxylic acids is 2. The third-order valence-corrected chi connectivity index (χ3v) is 4.00. The summed E-state index contributed by atoms with van der Waals surface area (Å²) in [5.41, 5.74) is -0.864. The topological polar surface area (TPSA) is 65.1 Å². The van der Waals surface area contributed by atoms with E-state index in [0.717, 1.165) is 0 Å². The van der Waals surface area contributed by atoms with Gasteiger partial charge in [-0.25, -0.2) is 4.79 Å². The second kappa shape index (κ2) is 3.93. The van der Waals surface area contributed by atoms with Crippen LogP contribution in [0.3, 0.4) is 0 Å². The van der Waals surface area contributed by atoms with Gasteiger partial charge in [-0.15, -0.1) is 0 Å². The van der Waals surface area contributed by atoms with Crippen molar-refractivity contribution in [2.75, 3.05) is 26.4 Å². The maximum atomic E-state index is 12.2. The SMILES string of the molecule is CCOC(=O)C12CCC(=O)N1CC1(C2)OCCO1. The van der Waals surface area contributed by atoms with E-state index in [4.69, 9.17) is 14.2 Å². The summed E-state index contributed by atoms with van der Waals surface area (Å²) in [6.07, 6.45) is 1.29. The Morgan fingerprint density at radius 1 is 1.44 bits per heavy atom. The monoisotopic (exact) mass is 255 g/mol. The van der Waals surface area contributed by atoms with E-state index < -0.39 is 11.3 Å². The largest absolute Gasteiger partial charge is 0.464 e. The highest BCUT2D eigenvalue weighted by Gasteiger charge is 2.65. The Balaban J connectivity index is 1.90. The van der Waals surface area contributed by atoms with Gasteiger partial charge >= 0.3 is 5.97 Å². The van der Waals surface area contributed by atoms with Crippen LogP contribution in [0.2, 0.25) is 0 Å². The van der Waals surface area contributed by atoms with Crippen LogP contribution in [-0.4, -0.2) is 54.5 Å². The summed E-state index contributed by atoms with van der Waals surface area (Å²) >= 11 is 0. The lowest BCUT2D eigenvalue weighted by molar-refractivity contribution is -0.161. The molecule has 0 aromatic carbocycles. The predicted octanol–water partition coefficient (Wildman–Crippen LogP) is 0.0575. The van der Waals surface area contributed by atoms with Crippen molar-refractivity contribution in [2.45, 2.75) is 37.5 Å². The van der Waals surface area contributed by atoms with Gasteiger partial charge in [0.15, 0.2) is 5.79 Å². The first-order chi connectivity index (χ1) is 8.62. The van der Waals surface area contributed by atoms with Crippen LogP contribution >= 0.6 is 0 Å². The molecule has 1 amide bonds. The highest BCUT2D eigenvalue weighted by molar-refractivity contribution is 5.92. The number of nitrogens with zero attached hydrogens (tertiary/aromatic N) is 1. The van der Waals surface area contributed by atoms with Crippen molar-refractivity contribution in [3.05, 3.63) is 0 Å². The molecule has 0 radical (unpaired) electrons. The number of rotatable bonds is 2. The van der Waals surface area contributed by atoms with Crippen LogP contribution in [0.5, 0.6) is 0 Å². The Kier molecular flexibility index (Phi) is 2.60. The molecule has 1 atom stereocenters. The van der Waals surface area contributed by atoms with E-state index in [2.05, 4.69) is 0 Å². The Labute approximate surface area is 105 Å². The molecule has 1 spiro atoms. The number of carbonyl (C=O) groups is 2. The lowest BCUT2D eigenvalue weighted by Crippen LogP contribution is -2.48. The highest BCUT2D eigenvalue weighted by atomic mass is 16.7. The van der Waals surface area contributed by atoms with Crippen molar-refractivity contribution in [1.29, 1.82) is 0 Å². The second-order valence-electron chi connectivity index (χ2n) is 5.02. The molecule has 0 bridgehead atoms. The Hall–Kier alpha value is -1.14. The first-order valence-electron chi connectivity index (χ1n) is 6.37. The van der Waals surface area contributed by atoms with Crippen molar-refractivity contribution in [3.8, 4) is 0 Å². The van der Waals surface area contributed by atoms with Crippen molar-refractivity contribution in [1.82, 2.24) is 4.90 Å². The number of amides is 1. The maximum absolute atomic E-state index is 12.2. The molecule has 6 nitrogen and oxygen atoms in total. The van der Waals surface area contributed by atoms with Crippen molar-refractivity contribution in [3.63, 3.8) is 0 Å². The summed E-state index contributed by atoms with van der Waals surface area (Å²) in [6, 6.07) is 0. The van der Waals surface area contributed by atoms with Crippen molar-refractivity contribution in [2.24, 2.45) is 0 Å². The third kappa shape index (κ3) is 1.48. The minimum Gasteiger partial charge on any atom is -0.464 e. The average Bonchev–Trinajstić information content (AvgIpc) is 3.00. The number of hydrogen-bond donors (Lipinski definition) is 0. The molecule has 0 aromatic rings. The zero-order valence-corrected chi connectivity index (χ0v) is 10.4. The van der Waals surface area contributed by atoms with Gasteiger partial charge in [-0.3, -0.25) is 4.79 Å². The molecule has 3 aliphatic rings. The summed E-state index contributed by atoms with van der Waals surface area (Å²) in [6.45, 7) is 3.45. The van der Waals surface area contributed by atoms with Gasteiger partial charge in [-0.1, -0.05) is 0 Å². The van der Waals surface area contributed by atoms with Crippen LogP contribution in [0.1, 0.15) is 26.2 Å². The fraction of sp³-hybridized carbons (Fsp3) is 0.833. The molecule has 6 heteroatoms. The molecule has 3 rings (SSSR count). The molecule has 3 aliphatic heterocycles. The molecule has 100 valence electrons. The van der Waals surface area contributed by atoms with E-state index in [1.54, 1.807) is 11.8 Å². The number of ether oxygens (including phenoxy) is 3. The highest BCUT2D eigenvalue weighted by Crippen LogP contribution is 2.47. The van der Waals surface area contributed by atoms with Gasteiger partial charge < -0.3 is 19.1 Å². The fourth-order valence-electron chi connectivity index (χ4n) is 3.23. The van der Waals surface area contributed by atoms with E-state index in [1.807, 2.05) is 0 Å². The van der Waals surface area contributed by atoms with Gasteiger partial charge in [0.25, 0.3) is 0 Å². The Morgan fingerprint density at radius 3 is 2.83 bits per heavy atom. The minimum atomic E-state index is -0.864. The molecule has 3 saturated heterocycles. The van der Waals surface area contributed by atoms with Gasteiger partial charge in [0.1, 0.15) is 5.54 Å². The van der Waals surface area contributed by atoms with Crippen LogP contribution < -0.4 is 0 Å². The minimum absolute atomic E-state index is 0.0148. The predicted molar refractivity (Wildman–Crippen MR) is 59.6 cm³/mol. The molecule has 0 aromatic heterocycles. The maximum Gasteiger partial charge on any atom is 0.332 e. The molecule has 0 N–H and O–H groups in total. The van der Waals surface area contributed by atoms with Gasteiger partial charge in [0, 0.05) is 12.8 Å². The van der Waals surface area contributed by atoms with Crippen LogP contribution in [-0.2, 0) is 23.8 Å². The summed E-state index contributed by atoms with van der Waals surface area (Å²) in [4.78, 5) is 25.7. The Morgan fingerprint density at radius 2 is 2.17 bits per heavy atom. The fourth-order valence-corrected chi connectivity index (χ4v) is 3.23. The number of hydrogen-bond acceptors (Lipinski definition) is 5. The van der Waals surface area contributed by atoms with E-state index in [9.17, 15) is 9.59 Å². The zero-order valence-electron chi connectivity index (χ0n) is 10.4. The van der Waals surface area contributed by atoms with Gasteiger partial charge in [0.2, 0.25) is 5.91 Å². The Bertz CT molecular complexity index is 390. The summed E-state index contributed by atoms with van der Waals surface area (Å²) in [5, 5.41) is 0. The van der Waals surface area contributed by atoms with Gasteiger partial charge in [-0.2, -0.15) is 0 Å². The molecule has 3 heterocycles. The van der Waals surface area contributed by atoms with Crippen LogP contribution in [0.25, 0.3) is 0 Å². The second-order valence-corrected chi connectivity index (χ2v) is 5.02. The molecule has 1 unspecified atom stereocenters. The third-order valence-electron chi connectivity index (χ3n) is 4.00. The molecule has 0 saturated carbocycles. The standard InChI is InChI=1S/C12H17NO5/c1-2-16-10(15)11-4-3-9(14)13(11)8-12(7-11)17-5-6-18-12/h2-8H2,1H3. The van der Waals surface area contributed by atoms with E-state index in [1.165, 1.54) is 0 Å². The molecule has 3 fully saturated rings. The molecule has 0 aliphatic carbocycles. The van der Waals surface area contributed by atoms with Crippen LogP contribution in [0.15, 0.2) is 0 Å². The smallest absolute Gasteiger partial charge is 0.332 e. The van der Waals surface area contributed by atoms with E-state index >= 15 is 0 Å². The quantitative estimate of drug-likeness (QED) is 0.653. The number of esters is 1. The first kappa shape index (κ1) is 11.9. The van der Waals surface area contributed by atoms with E-state index in [0.29, 0.717) is 45.6 Å². The zero-order chi connectivity index (χ0) is 12.8. The van der Waals surface area contributed by atoms with Crippen molar-refractivity contribution >= 4 is 11.9 Å². The normalized spacial score (nSPS) is 33.2. The summed E-state index contributed by atoms with van der Waals surface area (Å²) in [5.74, 6) is -1.13. The molecular formula is C12H17NO5. The molecule has 18 heavy (non-hydrogen) atoms. The number of fused-ring (bicyclic) bond motifs is 1. The summed E-state index contributed by atoms with van der Waals surface area (Å²) < 4.78 is 16.4. The van der Waals surface area contributed by atoms with Crippen LogP contribution in [0.4, 0.5) is 0 Å². The summed E-state index contributed by atoms with van der Waals surface area (Å²) in [7, 11) is 0. The molecular weight excluding hydrogens is 238 g/mol. The lowest BCUT2D eigenvalue weighted by Gasteiger charge is -2.28. The van der Waals surface area contributed by atoms with Gasteiger partial charge in [0.05, 0.1) is 26.4 Å². The first-order valence-corrected chi connectivity index (χ1v) is 6.37. The van der Waals surface area contributed by atoms with Gasteiger partial charge in [-0.05, 0) is 13.3 Å². The van der Waals surface area contributed by atoms with E-state index in [-0.39, 0.29) is 11.9 Å². The lowest BCUT2D eigenvalue weighted by atomic mass is 9.92. The van der Waals surface area contributed by atoms with Crippen molar-refractivity contribution < 1.29 is 23.8 Å².